The summed E-state index contributed by atoms with van der Waals surface area (Å²) in [5.41, 5.74) is 10.5. The number of benzene rings is 3. The summed E-state index contributed by atoms with van der Waals surface area (Å²) in [6, 6.07) is 19.8. The van der Waals surface area contributed by atoms with E-state index in [2.05, 4.69) is 0 Å². The number of hydrogen-bond donors (Lipinski definition) is 1. The van der Waals surface area contributed by atoms with Crippen LogP contribution in [0.2, 0.25) is 0 Å². The third-order valence-electron chi connectivity index (χ3n) is 4.96. The Kier molecular flexibility index (Phi) is 3.57. The molecule has 3 heteroatoms. The maximum Gasteiger partial charge on any atom is 0.213 e. The Labute approximate surface area is 146 Å². The Morgan fingerprint density at radius 1 is 0.920 bits per heavy atom. The fourth-order valence-electron chi connectivity index (χ4n) is 3.46. The lowest BCUT2D eigenvalue weighted by Gasteiger charge is -2.13. The van der Waals surface area contributed by atoms with Gasteiger partial charge in [-0.05, 0) is 41.3 Å². The van der Waals surface area contributed by atoms with Gasteiger partial charge in [0.15, 0.2) is 12.0 Å². The summed E-state index contributed by atoms with van der Waals surface area (Å²) in [7, 11) is 0. The number of ketones is 1. The number of Topliss-reactive ketones (excluding diaryl/α,β-unsaturated/α-hetero) is 1. The van der Waals surface area contributed by atoms with Crippen LogP contribution in [0.4, 0.5) is 0 Å². The van der Waals surface area contributed by atoms with Crippen LogP contribution in [0.25, 0.3) is 16.3 Å². The molecule has 0 amide bonds. The van der Waals surface area contributed by atoms with Gasteiger partial charge in [0.05, 0.1) is 5.57 Å². The number of nitrogens with two attached hydrogens (primary N) is 1. The van der Waals surface area contributed by atoms with Gasteiger partial charge in [-0.2, -0.15) is 0 Å². The van der Waals surface area contributed by atoms with Crippen molar-refractivity contribution in [2.75, 3.05) is 0 Å². The van der Waals surface area contributed by atoms with Gasteiger partial charge >= 0.3 is 0 Å². The molecule has 0 aromatic heterocycles. The summed E-state index contributed by atoms with van der Waals surface area (Å²) in [5, 5.41) is 2.09. The molecule has 1 heterocycles. The normalized spacial score (nSPS) is 17.2. The van der Waals surface area contributed by atoms with E-state index in [1.165, 1.54) is 0 Å². The molecule has 0 saturated carbocycles. The van der Waals surface area contributed by atoms with Crippen LogP contribution in [0, 0.1) is 13.8 Å². The van der Waals surface area contributed by atoms with Gasteiger partial charge in [0.25, 0.3) is 0 Å². The molecule has 3 aromatic rings. The zero-order valence-corrected chi connectivity index (χ0v) is 14.2. The highest BCUT2D eigenvalue weighted by molar-refractivity contribution is 6.26. The smallest absolute Gasteiger partial charge is 0.213 e. The molecular weight excluding hydrogens is 310 g/mol. The standard InChI is InChI=1S/C22H19NO2/c1-13-7-5-11-16(14(13)2)19-20(24)21(25-22(19)23)18-12-6-9-15-8-3-4-10-17(15)18/h3-12,21H,23H2,1-2H3. The molecule has 3 aromatic carbocycles. The molecule has 0 bridgehead atoms. The van der Waals surface area contributed by atoms with Crippen molar-refractivity contribution < 1.29 is 9.53 Å². The molecule has 2 N–H and O–H groups in total. The highest BCUT2D eigenvalue weighted by atomic mass is 16.5. The zero-order chi connectivity index (χ0) is 17.6. The molecule has 3 nitrogen and oxygen atoms in total. The van der Waals surface area contributed by atoms with E-state index in [0.717, 1.165) is 33.0 Å². The van der Waals surface area contributed by atoms with Crippen molar-refractivity contribution in [2.45, 2.75) is 20.0 Å². The van der Waals surface area contributed by atoms with Crippen molar-refractivity contribution in [1.29, 1.82) is 0 Å². The number of rotatable bonds is 2. The van der Waals surface area contributed by atoms with Crippen LogP contribution < -0.4 is 5.73 Å². The lowest BCUT2D eigenvalue weighted by Crippen LogP contribution is -2.10. The summed E-state index contributed by atoms with van der Waals surface area (Å²) in [5.74, 6) is 0.124. The highest BCUT2D eigenvalue weighted by Gasteiger charge is 2.37. The first-order valence-electron chi connectivity index (χ1n) is 8.33. The monoisotopic (exact) mass is 329 g/mol. The maximum absolute atomic E-state index is 13.2. The van der Waals surface area contributed by atoms with Crippen LogP contribution in [0.3, 0.4) is 0 Å². The zero-order valence-electron chi connectivity index (χ0n) is 14.2. The largest absolute Gasteiger partial charge is 0.462 e. The first kappa shape index (κ1) is 15.5. The van der Waals surface area contributed by atoms with E-state index in [9.17, 15) is 4.79 Å². The average Bonchev–Trinajstić information content (AvgIpc) is 2.91. The summed E-state index contributed by atoms with van der Waals surface area (Å²) in [4.78, 5) is 13.2. The SMILES string of the molecule is Cc1cccc(C2=C(N)OC(c3cccc4ccccc34)C2=O)c1C. The molecule has 0 radical (unpaired) electrons. The van der Waals surface area contributed by atoms with Crippen LogP contribution in [-0.4, -0.2) is 5.78 Å². The topological polar surface area (TPSA) is 52.3 Å². The maximum atomic E-state index is 13.2. The molecule has 0 saturated heterocycles. The molecule has 1 aliphatic rings. The quantitative estimate of drug-likeness (QED) is 0.757. The summed E-state index contributed by atoms with van der Waals surface area (Å²) < 4.78 is 5.84. The molecule has 0 spiro atoms. The second-order valence-corrected chi connectivity index (χ2v) is 6.42. The predicted molar refractivity (Wildman–Crippen MR) is 99.8 cm³/mol. The van der Waals surface area contributed by atoms with Crippen molar-refractivity contribution in [3.63, 3.8) is 0 Å². The Morgan fingerprint density at radius 3 is 2.48 bits per heavy atom. The van der Waals surface area contributed by atoms with E-state index < -0.39 is 6.10 Å². The van der Waals surface area contributed by atoms with Crippen molar-refractivity contribution >= 4 is 22.1 Å². The first-order chi connectivity index (χ1) is 12.1. The second-order valence-electron chi connectivity index (χ2n) is 6.42. The number of carbonyl (C=O) groups excluding carboxylic acids is 1. The van der Waals surface area contributed by atoms with Gasteiger partial charge < -0.3 is 10.5 Å². The third-order valence-corrected chi connectivity index (χ3v) is 4.96. The van der Waals surface area contributed by atoms with Crippen molar-refractivity contribution in [2.24, 2.45) is 5.73 Å². The molecule has 25 heavy (non-hydrogen) atoms. The Hall–Kier alpha value is -3.07. The van der Waals surface area contributed by atoms with E-state index in [-0.39, 0.29) is 11.7 Å². The van der Waals surface area contributed by atoms with Crippen LogP contribution in [0.1, 0.15) is 28.4 Å². The highest BCUT2D eigenvalue weighted by Crippen LogP contribution is 2.39. The van der Waals surface area contributed by atoms with E-state index in [4.69, 9.17) is 10.5 Å². The Bertz CT molecular complexity index is 1030. The van der Waals surface area contributed by atoms with Gasteiger partial charge in [0.1, 0.15) is 0 Å². The molecule has 1 unspecified atom stereocenters. The predicted octanol–water partition coefficient (Wildman–Crippen LogP) is 4.42. The van der Waals surface area contributed by atoms with Crippen molar-refractivity contribution in [1.82, 2.24) is 0 Å². The lowest BCUT2D eigenvalue weighted by atomic mass is 9.91. The van der Waals surface area contributed by atoms with Crippen LogP contribution in [0.5, 0.6) is 0 Å². The van der Waals surface area contributed by atoms with E-state index in [0.29, 0.717) is 5.57 Å². The number of carbonyl (C=O) groups is 1. The van der Waals surface area contributed by atoms with Gasteiger partial charge in [-0.25, -0.2) is 0 Å². The van der Waals surface area contributed by atoms with E-state index in [1.807, 2.05) is 74.5 Å². The van der Waals surface area contributed by atoms with Crippen LogP contribution in [0.15, 0.2) is 66.5 Å². The lowest BCUT2D eigenvalue weighted by molar-refractivity contribution is -0.120. The molecule has 124 valence electrons. The number of hydrogen-bond acceptors (Lipinski definition) is 3. The van der Waals surface area contributed by atoms with Gasteiger partial charge in [-0.15, -0.1) is 0 Å². The number of ether oxygens (including phenoxy) is 1. The first-order valence-corrected chi connectivity index (χ1v) is 8.33. The second kappa shape index (κ2) is 5.78. The van der Waals surface area contributed by atoms with Crippen molar-refractivity contribution in [3.05, 3.63) is 88.8 Å². The van der Waals surface area contributed by atoms with Gasteiger partial charge in [0.2, 0.25) is 5.78 Å². The van der Waals surface area contributed by atoms with Crippen molar-refractivity contribution in [3.8, 4) is 0 Å². The molecular formula is C22H19NO2. The average molecular weight is 329 g/mol. The Morgan fingerprint density at radius 2 is 1.64 bits per heavy atom. The fraction of sp³-hybridized carbons (Fsp3) is 0.136. The third kappa shape index (κ3) is 2.40. The van der Waals surface area contributed by atoms with Crippen LogP contribution in [-0.2, 0) is 9.53 Å². The molecule has 0 aliphatic carbocycles. The number of aryl methyl sites for hydroxylation is 1. The van der Waals surface area contributed by atoms with Gasteiger partial charge in [0, 0.05) is 5.56 Å². The summed E-state index contributed by atoms with van der Waals surface area (Å²) >= 11 is 0. The molecule has 4 rings (SSSR count). The van der Waals surface area contributed by atoms with Gasteiger partial charge in [-0.3, -0.25) is 4.79 Å². The Balaban J connectivity index is 1.81. The minimum absolute atomic E-state index is 0.0810. The molecule has 0 fully saturated rings. The minimum Gasteiger partial charge on any atom is -0.462 e. The summed E-state index contributed by atoms with van der Waals surface area (Å²) in [6.45, 7) is 4.03. The molecule has 1 aliphatic heterocycles. The van der Waals surface area contributed by atoms with Crippen LogP contribution >= 0.6 is 0 Å². The van der Waals surface area contributed by atoms with E-state index >= 15 is 0 Å². The molecule has 1 atom stereocenters. The van der Waals surface area contributed by atoms with Gasteiger partial charge in [-0.1, -0.05) is 60.7 Å². The fourth-order valence-corrected chi connectivity index (χ4v) is 3.46. The minimum atomic E-state index is -0.694. The number of fused-ring (bicyclic) bond motifs is 1. The van der Waals surface area contributed by atoms with E-state index in [1.54, 1.807) is 0 Å². The summed E-state index contributed by atoms with van der Waals surface area (Å²) in [6.07, 6.45) is -0.694.